The zero-order valence-corrected chi connectivity index (χ0v) is 18.5. The van der Waals surface area contributed by atoms with Gasteiger partial charge in [0.25, 0.3) is 0 Å². The van der Waals surface area contributed by atoms with E-state index in [4.69, 9.17) is 11.1 Å². The molecule has 0 bridgehead atoms. The van der Waals surface area contributed by atoms with Crippen molar-refractivity contribution in [2.24, 2.45) is 11.7 Å². The van der Waals surface area contributed by atoms with Gasteiger partial charge >= 0.3 is 0 Å². The van der Waals surface area contributed by atoms with Crippen LogP contribution in [-0.4, -0.2) is 34.7 Å². The van der Waals surface area contributed by atoms with Crippen LogP contribution < -0.4 is 5.73 Å². The van der Waals surface area contributed by atoms with Gasteiger partial charge in [-0.25, -0.2) is 0 Å². The van der Waals surface area contributed by atoms with Crippen LogP contribution in [0.1, 0.15) is 36.8 Å². The van der Waals surface area contributed by atoms with E-state index in [9.17, 15) is 4.79 Å². The van der Waals surface area contributed by atoms with Gasteiger partial charge in [0.15, 0.2) is 0 Å². The second kappa shape index (κ2) is 10.3. The number of nitrogens with one attached hydrogen (secondary N) is 1. The average molecular weight is 429 g/mol. The molecular weight excluding hydrogens is 396 g/mol. The number of allylic oxidation sites excluding steroid dienone is 1. The van der Waals surface area contributed by atoms with Crippen LogP contribution in [0.3, 0.4) is 0 Å². The van der Waals surface area contributed by atoms with Gasteiger partial charge in [-0.1, -0.05) is 36.4 Å². The lowest BCUT2D eigenvalue weighted by Gasteiger charge is -2.32. The molecule has 0 unspecified atom stereocenters. The number of carbonyl (C=O) groups excluding carboxylic acids is 1. The molecule has 3 N–H and O–H groups in total. The molecule has 0 saturated carbocycles. The predicted octanol–water partition coefficient (Wildman–Crippen LogP) is 4.85. The zero-order valence-electron chi connectivity index (χ0n) is 18.5. The number of rotatable bonds is 8. The highest BCUT2D eigenvalue weighted by Crippen LogP contribution is 2.25. The Morgan fingerprint density at radius 3 is 2.59 bits per heavy atom. The number of aromatic nitrogens is 1. The molecule has 1 aliphatic rings. The number of benzene rings is 2. The van der Waals surface area contributed by atoms with Crippen molar-refractivity contribution < 1.29 is 4.79 Å². The highest BCUT2D eigenvalue weighted by atomic mass is 16.2. The van der Waals surface area contributed by atoms with Gasteiger partial charge in [0.1, 0.15) is 0 Å². The first kappa shape index (κ1) is 21.9. The highest BCUT2D eigenvalue weighted by molar-refractivity contribution is 6.09. The van der Waals surface area contributed by atoms with Crippen molar-refractivity contribution in [3.8, 4) is 0 Å². The lowest BCUT2D eigenvalue weighted by molar-refractivity contribution is -0.132. The number of aryl methyl sites for hydroxylation is 1. The van der Waals surface area contributed by atoms with E-state index in [2.05, 4.69) is 58.1 Å². The summed E-state index contributed by atoms with van der Waals surface area (Å²) in [6.07, 6.45) is 9.53. The second-order valence-corrected chi connectivity index (χ2v) is 8.67. The summed E-state index contributed by atoms with van der Waals surface area (Å²) in [5, 5.41) is 8.66. The summed E-state index contributed by atoms with van der Waals surface area (Å²) in [4.78, 5) is 14.7. The summed E-state index contributed by atoms with van der Waals surface area (Å²) in [5.74, 6) is 0.882. The maximum Gasteiger partial charge on any atom is 0.222 e. The molecule has 0 radical (unpaired) electrons. The first-order valence-corrected chi connectivity index (χ1v) is 11.5. The third kappa shape index (κ3) is 5.10. The van der Waals surface area contributed by atoms with Gasteiger partial charge in [0.05, 0.1) is 0 Å². The van der Waals surface area contributed by atoms with Crippen LogP contribution >= 0.6 is 0 Å². The van der Waals surface area contributed by atoms with E-state index in [1.807, 2.05) is 12.1 Å². The average Bonchev–Trinajstić information content (AvgIpc) is 3.23. The van der Waals surface area contributed by atoms with Crippen LogP contribution in [0.25, 0.3) is 16.5 Å². The minimum absolute atomic E-state index is 0.299. The van der Waals surface area contributed by atoms with Gasteiger partial charge in [0.2, 0.25) is 5.91 Å². The monoisotopic (exact) mass is 428 g/mol. The van der Waals surface area contributed by atoms with Crippen LogP contribution in [0, 0.1) is 11.3 Å². The van der Waals surface area contributed by atoms with Crippen LogP contribution in [0.5, 0.6) is 0 Å². The van der Waals surface area contributed by atoms with Crippen molar-refractivity contribution in [3.05, 3.63) is 78.1 Å². The van der Waals surface area contributed by atoms with E-state index in [-0.39, 0.29) is 0 Å². The topological polar surface area (TPSA) is 75.1 Å². The van der Waals surface area contributed by atoms with Gasteiger partial charge < -0.3 is 20.6 Å². The number of amides is 1. The van der Waals surface area contributed by atoms with Gasteiger partial charge in [-0.15, -0.1) is 0 Å². The van der Waals surface area contributed by atoms with Crippen LogP contribution in [0.4, 0.5) is 0 Å². The molecule has 5 heteroatoms. The van der Waals surface area contributed by atoms with Crippen molar-refractivity contribution in [2.75, 3.05) is 13.1 Å². The van der Waals surface area contributed by atoms with Crippen molar-refractivity contribution in [2.45, 2.75) is 38.6 Å². The molecule has 0 spiro atoms. The molecule has 3 aromatic rings. The summed E-state index contributed by atoms with van der Waals surface area (Å²) in [5.41, 5.74) is 9.82. The molecule has 0 aliphatic carbocycles. The summed E-state index contributed by atoms with van der Waals surface area (Å²) in [7, 11) is 0. The number of hydrogen-bond donors (Lipinski definition) is 2. The van der Waals surface area contributed by atoms with Crippen molar-refractivity contribution >= 4 is 28.6 Å². The fourth-order valence-corrected chi connectivity index (χ4v) is 4.66. The van der Waals surface area contributed by atoms with Crippen LogP contribution in [0.15, 0.2) is 67.0 Å². The standard InChI is InChI=1S/C27H32N4O/c28-18-25(19-29)23-9-10-26-24(17-23)13-16-31(26)20-22-11-14-30(15-12-22)27(32)8-4-7-21-5-2-1-3-6-21/h1-3,5-6,9-10,13,16-19,22,28H,4,7-8,11-12,14-15,20,29H2/b25-19+,28-18?. The maximum atomic E-state index is 12.6. The summed E-state index contributed by atoms with van der Waals surface area (Å²) in [6.45, 7) is 2.70. The second-order valence-electron chi connectivity index (χ2n) is 8.67. The number of nitrogens with zero attached hydrogens (tertiary/aromatic N) is 2. The molecule has 1 aliphatic heterocycles. The Kier molecular flexibility index (Phi) is 7.05. The molecule has 1 fully saturated rings. The van der Waals surface area contributed by atoms with E-state index in [0.717, 1.165) is 61.8 Å². The highest BCUT2D eigenvalue weighted by Gasteiger charge is 2.23. The molecule has 1 saturated heterocycles. The Bertz CT molecular complexity index is 1090. The van der Waals surface area contributed by atoms with Gasteiger partial charge in [0, 0.05) is 61.1 Å². The first-order chi connectivity index (χ1) is 15.7. The normalized spacial score (nSPS) is 15.2. The molecule has 2 heterocycles. The Labute approximate surface area is 190 Å². The molecule has 166 valence electrons. The quantitative estimate of drug-likeness (QED) is 0.503. The summed E-state index contributed by atoms with van der Waals surface area (Å²) in [6, 6.07) is 18.8. The Morgan fingerprint density at radius 2 is 1.88 bits per heavy atom. The Morgan fingerprint density at radius 1 is 1.09 bits per heavy atom. The molecule has 0 atom stereocenters. The van der Waals surface area contributed by atoms with E-state index >= 15 is 0 Å². The number of nitrogens with two attached hydrogens (primary N) is 1. The lowest BCUT2D eigenvalue weighted by atomic mass is 9.96. The van der Waals surface area contributed by atoms with E-state index in [1.165, 1.54) is 23.5 Å². The summed E-state index contributed by atoms with van der Waals surface area (Å²) >= 11 is 0. The van der Waals surface area contributed by atoms with Crippen molar-refractivity contribution in [1.82, 2.24) is 9.47 Å². The third-order valence-corrected chi connectivity index (χ3v) is 6.56. The van der Waals surface area contributed by atoms with E-state index in [1.54, 1.807) is 0 Å². The Hall–Kier alpha value is -3.34. The molecular formula is C27H32N4O. The molecule has 4 rings (SSSR count). The van der Waals surface area contributed by atoms with Gasteiger partial charge in [-0.2, -0.15) is 0 Å². The van der Waals surface area contributed by atoms with E-state index < -0.39 is 0 Å². The molecule has 1 amide bonds. The summed E-state index contributed by atoms with van der Waals surface area (Å²) < 4.78 is 2.32. The molecule has 5 nitrogen and oxygen atoms in total. The van der Waals surface area contributed by atoms with Gasteiger partial charge in [-0.3, -0.25) is 4.79 Å². The lowest BCUT2D eigenvalue weighted by Crippen LogP contribution is -2.39. The number of fused-ring (bicyclic) bond motifs is 1. The fraction of sp³-hybridized carbons (Fsp3) is 0.333. The van der Waals surface area contributed by atoms with Crippen molar-refractivity contribution in [3.63, 3.8) is 0 Å². The minimum Gasteiger partial charge on any atom is -0.404 e. The van der Waals surface area contributed by atoms with Crippen molar-refractivity contribution in [1.29, 1.82) is 5.41 Å². The molecule has 1 aromatic heterocycles. The number of likely N-dealkylation sites (tertiary alicyclic amines) is 1. The molecule has 32 heavy (non-hydrogen) atoms. The number of hydrogen-bond acceptors (Lipinski definition) is 3. The maximum absolute atomic E-state index is 12.6. The number of carbonyl (C=O) groups is 1. The third-order valence-electron chi connectivity index (χ3n) is 6.56. The minimum atomic E-state index is 0.299. The van der Waals surface area contributed by atoms with Crippen LogP contribution in [0.2, 0.25) is 0 Å². The van der Waals surface area contributed by atoms with E-state index in [0.29, 0.717) is 18.2 Å². The predicted molar refractivity (Wildman–Crippen MR) is 132 cm³/mol. The zero-order chi connectivity index (χ0) is 22.3. The smallest absolute Gasteiger partial charge is 0.222 e. The first-order valence-electron chi connectivity index (χ1n) is 11.5. The number of piperidine rings is 1. The van der Waals surface area contributed by atoms with Crippen LogP contribution in [-0.2, 0) is 17.8 Å². The SMILES string of the molecule is N=C/C(=C\N)c1ccc2c(ccn2CC2CCN(C(=O)CCCc3ccccc3)CC2)c1. The fourth-order valence-electron chi connectivity index (χ4n) is 4.66. The molecule has 2 aromatic carbocycles. The largest absolute Gasteiger partial charge is 0.404 e. The Balaban J connectivity index is 1.28. The van der Waals surface area contributed by atoms with Gasteiger partial charge in [-0.05, 0) is 60.9 Å².